The Morgan fingerprint density at radius 2 is 1.42 bits per heavy atom. The third-order valence-electron chi connectivity index (χ3n) is 3.40. The number of ether oxygens (including phenoxy) is 5. The Morgan fingerprint density at radius 1 is 0.895 bits per heavy atom. The van der Waals surface area contributed by atoms with Crippen molar-refractivity contribution in [1.82, 2.24) is 0 Å². The summed E-state index contributed by atoms with van der Waals surface area (Å²) < 4.78 is 28.2. The van der Waals surface area contributed by atoms with Crippen LogP contribution in [0.15, 0.2) is 0 Å². The van der Waals surface area contributed by atoms with E-state index >= 15 is 0 Å². The molecule has 108 valence electrons. The van der Waals surface area contributed by atoms with Gasteiger partial charge in [-0.05, 0) is 27.7 Å². The van der Waals surface area contributed by atoms with Crippen molar-refractivity contribution in [2.75, 3.05) is 0 Å². The van der Waals surface area contributed by atoms with Gasteiger partial charge in [0.2, 0.25) is 0 Å². The molecule has 0 amide bonds. The van der Waals surface area contributed by atoms with E-state index in [2.05, 4.69) is 0 Å². The van der Waals surface area contributed by atoms with Crippen molar-refractivity contribution in [3.05, 3.63) is 0 Å². The van der Waals surface area contributed by atoms with Gasteiger partial charge in [0.15, 0.2) is 24.0 Å². The van der Waals surface area contributed by atoms with E-state index in [4.69, 9.17) is 23.7 Å². The van der Waals surface area contributed by atoms with Crippen LogP contribution in [0.4, 0.5) is 0 Å². The van der Waals surface area contributed by atoms with Gasteiger partial charge >= 0.3 is 5.97 Å². The largest absolute Gasteiger partial charge is 0.479 e. The predicted octanol–water partition coefficient (Wildman–Crippen LogP) is 0.467. The number of hydrogen-bond donors (Lipinski definition) is 1. The molecule has 0 aromatic heterocycles. The molecule has 3 aliphatic rings. The minimum atomic E-state index is -1.12. The summed E-state index contributed by atoms with van der Waals surface area (Å²) in [5, 5.41) is 9.25. The van der Waals surface area contributed by atoms with E-state index < -0.39 is 48.2 Å². The van der Waals surface area contributed by atoms with Gasteiger partial charge in [0.1, 0.15) is 18.3 Å². The van der Waals surface area contributed by atoms with Gasteiger partial charge in [-0.2, -0.15) is 0 Å². The van der Waals surface area contributed by atoms with Crippen LogP contribution in [0.3, 0.4) is 0 Å². The van der Waals surface area contributed by atoms with Gasteiger partial charge in [0.25, 0.3) is 0 Å². The highest BCUT2D eigenvalue weighted by Crippen LogP contribution is 2.43. The van der Waals surface area contributed by atoms with E-state index in [0.29, 0.717) is 0 Å². The van der Waals surface area contributed by atoms with Crippen LogP contribution in [0, 0.1) is 0 Å². The maximum absolute atomic E-state index is 11.3. The van der Waals surface area contributed by atoms with Crippen LogP contribution in [0.2, 0.25) is 0 Å². The molecular weight excluding hydrogens is 256 g/mol. The third-order valence-corrected chi connectivity index (χ3v) is 3.40. The average Bonchev–Trinajstić information content (AvgIpc) is 2.70. The second-order valence-corrected chi connectivity index (χ2v) is 5.93. The predicted molar refractivity (Wildman–Crippen MR) is 60.2 cm³/mol. The number of carboxylic acid groups (broad SMARTS) is 1. The van der Waals surface area contributed by atoms with Crippen LogP contribution in [-0.2, 0) is 28.5 Å². The Morgan fingerprint density at radius 3 is 2.05 bits per heavy atom. The normalized spacial score (nSPS) is 46.6. The Hall–Kier alpha value is -0.730. The van der Waals surface area contributed by atoms with Gasteiger partial charge in [-0.15, -0.1) is 0 Å². The molecule has 3 rings (SSSR count). The lowest BCUT2D eigenvalue weighted by atomic mass is 9.99. The minimum Gasteiger partial charge on any atom is -0.479 e. The first kappa shape index (κ1) is 13.3. The zero-order valence-corrected chi connectivity index (χ0v) is 11.3. The Balaban J connectivity index is 1.91. The number of hydrogen-bond acceptors (Lipinski definition) is 6. The van der Waals surface area contributed by atoms with Crippen molar-refractivity contribution in [3.63, 3.8) is 0 Å². The van der Waals surface area contributed by atoms with Gasteiger partial charge < -0.3 is 28.8 Å². The molecular formula is C12H18O7. The van der Waals surface area contributed by atoms with Crippen LogP contribution >= 0.6 is 0 Å². The van der Waals surface area contributed by atoms with Gasteiger partial charge in [-0.1, -0.05) is 0 Å². The van der Waals surface area contributed by atoms with E-state index in [9.17, 15) is 9.90 Å². The molecule has 0 saturated carbocycles. The fraction of sp³-hybridized carbons (Fsp3) is 0.917. The highest BCUT2D eigenvalue weighted by molar-refractivity contribution is 5.73. The zero-order chi connectivity index (χ0) is 14.0. The summed E-state index contributed by atoms with van der Waals surface area (Å²) in [7, 11) is 0. The highest BCUT2D eigenvalue weighted by atomic mass is 16.9. The van der Waals surface area contributed by atoms with Crippen molar-refractivity contribution in [3.8, 4) is 0 Å². The minimum absolute atomic E-state index is 0.489. The van der Waals surface area contributed by atoms with Crippen LogP contribution in [-0.4, -0.2) is 53.4 Å². The fourth-order valence-corrected chi connectivity index (χ4v) is 2.81. The molecule has 0 bridgehead atoms. The molecule has 0 unspecified atom stereocenters. The summed E-state index contributed by atoms with van der Waals surface area (Å²) in [6, 6.07) is 0. The maximum atomic E-state index is 11.3. The Kier molecular flexibility index (Phi) is 2.72. The molecule has 7 nitrogen and oxygen atoms in total. The van der Waals surface area contributed by atoms with Crippen molar-refractivity contribution in [2.45, 2.75) is 70.0 Å². The van der Waals surface area contributed by atoms with Gasteiger partial charge in [0, 0.05) is 0 Å². The first-order valence-corrected chi connectivity index (χ1v) is 6.28. The SMILES string of the molecule is CC1(C)O[C@@H]2O[C@H](C(=O)O)[C@@H]3OC(C)(C)O[C@H]3[C@@H]2O1. The molecule has 0 spiro atoms. The first-order valence-electron chi connectivity index (χ1n) is 6.28. The quantitative estimate of drug-likeness (QED) is 0.744. The average molecular weight is 274 g/mol. The summed E-state index contributed by atoms with van der Waals surface area (Å²) in [6.07, 6.45) is -3.58. The van der Waals surface area contributed by atoms with Crippen LogP contribution in [0.25, 0.3) is 0 Å². The summed E-state index contributed by atoms with van der Waals surface area (Å²) in [4.78, 5) is 11.3. The van der Waals surface area contributed by atoms with Gasteiger partial charge in [-0.3, -0.25) is 0 Å². The summed E-state index contributed by atoms with van der Waals surface area (Å²) >= 11 is 0. The molecule has 7 heteroatoms. The molecule has 0 aliphatic carbocycles. The van der Waals surface area contributed by atoms with Crippen molar-refractivity contribution < 1.29 is 33.6 Å². The summed E-state index contributed by atoms with van der Waals surface area (Å²) in [5.74, 6) is -2.79. The smallest absolute Gasteiger partial charge is 0.335 e. The van der Waals surface area contributed by atoms with Crippen LogP contribution in [0.1, 0.15) is 27.7 Å². The summed E-state index contributed by atoms with van der Waals surface area (Å²) in [6.45, 7) is 6.97. The second kappa shape index (κ2) is 3.89. The molecule has 0 aromatic carbocycles. The monoisotopic (exact) mass is 274 g/mol. The number of rotatable bonds is 1. The maximum Gasteiger partial charge on any atom is 0.335 e. The van der Waals surface area contributed by atoms with Crippen LogP contribution in [0.5, 0.6) is 0 Å². The van der Waals surface area contributed by atoms with Gasteiger partial charge in [-0.25, -0.2) is 4.79 Å². The second-order valence-electron chi connectivity index (χ2n) is 5.93. The standard InChI is InChI=1S/C12H18O7/c1-11(2)16-5-6(17-11)8-10(15-7(5)9(13)14)19-12(3,4)18-8/h5-8,10H,1-4H3,(H,13,14)/t5-,6-,7+,8+,10+/m1/s1. The summed E-state index contributed by atoms with van der Waals surface area (Å²) in [5.41, 5.74) is 0. The molecule has 3 aliphatic heterocycles. The molecule has 3 heterocycles. The molecule has 0 radical (unpaired) electrons. The molecule has 1 N–H and O–H groups in total. The topological polar surface area (TPSA) is 83.5 Å². The molecule has 5 atom stereocenters. The lowest BCUT2D eigenvalue weighted by Gasteiger charge is -2.35. The van der Waals surface area contributed by atoms with Crippen LogP contribution < -0.4 is 0 Å². The number of aliphatic carboxylic acids is 1. The lowest BCUT2D eigenvalue weighted by Crippen LogP contribution is -2.57. The van der Waals surface area contributed by atoms with E-state index in [1.165, 1.54) is 0 Å². The van der Waals surface area contributed by atoms with E-state index in [0.717, 1.165) is 0 Å². The highest BCUT2D eigenvalue weighted by Gasteiger charge is 2.62. The molecule has 0 aromatic rings. The molecule has 3 fully saturated rings. The first-order chi connectivity index (χ1) is 8.69. The van der Waals surface area contributed by atoms with Crippen molar-refractivity contribution >= 4 is 5.97 Å². The van der Waals surface area contributed by atoms with E-state index in [1.54, 1.807) is 27.7 Å². The third kappa shape index (κ3) is 2.15. The Bertz CT molecular complexity index is 405. The fourth-order valence-electron chi connectivity index (χ4n) is 2.81. The molecule has 19 heavy (non-hydrogen) atoms. The number of carboxylic acids is 1. The Labute approximate surface area is 110 Å². The number of fused-ring (bicyclic) bond motifs is 3. The number of carbonyl (C=O) groups is 1. The molecule has 3 saturated heterocycles. The van der Waals surface area contributed by atoms with Crippen molar-refractivity contribution in [1.29, 1.82) is 0 Å². The zero-order valence-electron chi connectivity index (χ0n) is 11.3. The van der Waals surface area contributed by atoms with Gasteiger partial charge in [0.05, 0.1) is 0 Å². The lowest BCUT2D eigenvalue weighted by molar-refractivity contribution is -0.237. The van der Waals surface area contributed by atoms with E-state index in [1.807, 2.05) is 0 Å². The van der Waals surface area contributed by atoms with Crippen molar-refractivity contribution in [2.24, 2.45) is 0 Å². The van der Waals surface area contributed by atoms with E-state index in [-0.39, 0.29) is 0 Å².